The predicted molar refractivity (Wildman–Crippen MR) is 77.4 cm³/mol. The van der Waals surface area contributed by atoms with Crippen LogP contribution in [0, 0.1) is 0 Å². The molecule has 0 unspecified atom stereocenters. The van der Waals surface area contributed by atoms with Gasteiger partial charge in [-0.2, -0.15) is 0 Å². The largest absolute Gasteiger partial charge is 0.493 e. The van der Waals surface area contributed by atoms with Crippen molar-refractivity contribution in [2.24, 2.45) is 5.73 Å². The molecule has 4 nitrogen and oxygen atoms in total. The van der Waals surface area contributed by atoms with Crippen LogP contribution in [0.1, 0.15) is 32.8 Å². The van der Waals surface area contributed by atoms with E-state index in [1.807, 2.05) is 12.1 Å². The van der Waals surface area contributed by atoms with Crippen LogP contribution in [-0.4, -0.2) is 18.1 Å². The van der Waals surface area contributed by atoms with Crippen molar-refractivity contribution in [1.82, 2.24) is 5.32 Å². The Bertz CT molecular complexity index is 442. The Morgan fingerprint density at radius 3 is 2.68 bits per heavy atom. The van der Waals surface area contributed by atoms with E-state index in [1.54, 1.807) is 6.07 Å². The lowest BCUT2D eigenvalue weighted by Crippen LogP contribution is -2.35. The zero-order chi connectivity index (χ0) is 14.5. The van der Waals surface area contributed by atoms with Crippen molar-refractivity contribution in [2.75, 3.05) is 6.61 Å². The van der Waals surface area contributed by atoms with E-state index in [0.29, 0.717) is 11.6 Å². The summed E-state index contributed by atoms with van der Waals surface area (Å²) in [5, 5.41) is 4.03. The Kier molecular flexibility index (Phi) is 5.63. The lowest BCUT2D eigenvalue weighted by molar-refractivity contribution is -0.118. The van der Waals surface area contributed by atoms with Crippen LogP contribution in [0.2, 0.25) is 5.02 Å². The third-order valence-electron chi connectivity index (χ3n) is 2.44. The van der Waals surface area contributed by atoms with Crippen molar-refractivity contribution in [3.05, 3.63) is 28.8 Å². The Morgan fingerprint density at radius 1 is 1.42 bits per heavy atom. The summed E-state index contributed by atoms with van der Waals surface area (Å²) in [6.45, 7) is 7.19. The van der Waals surface area contributed by atoms with Crippen molar-refractivity contribution in [3.63, 3.8) is 0 Å². The van der Waals surface area contributed by atoms with Crippen LogP contribution in [0.3, 0.4) is 0 Å². The number of nitrogens with two attached hydrogens (primary N) is 1. The lowest BCUT2D eigenvalue weighted by atomic mass is 10.1. The topological polar surface area (TPSA) is 64.3 Å². The van der Waals surface area contributed by atoms with Gasteiger partial charge in [-0.1, -0.05) is 11.6 Å². The molecule has 0 aromatic heterocycles. The average molecular weight is 285 g/mol. The van der Waals surface area contributed by atoms with Crippen LogP contribution >= 0.6 is 11.6 Å². The number of hydrogen-bond donors (Lipinski definition) is 2. The van der Waals surface area contributed by atoms with Crippen LogP contribution in [0.25, 0.3) is 0 Å². The molecule has 106 valence electrons. The third kappa shape index (κ3) is 6.45. The maximum Gasteiger partial charge on any atom is 0.220 e. The van der Waals surface area contributed by atoms with Crippen molar-refractivity contribution >= 4 is 17.5 Å². The molecule has 0 atom stereocenters. The molecule has 1 rings (SSSR count). The highest BCUT2D eigenvalue weighted by atomic mass is 35.5. The summed E-state index contributed by atoms with van der Waals surface area (Å²) in [5.41, 5.74) is 6.05. The van der Waals surface area contributed by atoms with E-state index in [2.05, 4.69) is 26.1 Å². The molecule has 0 saturated carbocycles. The summed E-state index contributed by atoms with van der Waals surface area (Å²) in [6, 6.07) is 5.44. The van der Waals surface area contributed by atoms with Gasteiger partial charge in [0.25, 0.3) is 0 Å². The first kappa shape index (κ1) is 15.8. The first-order valence-corrected chi connectivity index (χ1v) is 6.60. The second-order valence-electron chi connectivity index (χ2n) is 5.42. The van der Waals surface area contributed by atoms with Gasteiger partial charge in [-0.05, 0) is 39.0 Å². The molecule has 0 heterocycles. The first-order chi connectivity index (χ1) is 8.78. The van der Waals surface area contributed by atoms with Crippen LogP contribution in [0.15, 0.2) is 18.2 Å². The Labute approximate surface area is 119 Å². The minimum absolute atomic E-state index is 0.00676. The fraction of sp³-hybridized carbons (Fsp3) is 0.500. The summed E-state index contributed by atoms with van der Waals surface area (Å²) in [6.07, 6.45) is 0.203. The molecule has 0 aliphatic heterocycles. The maximum absolute atomic E-state index is 10.7. The van der Waals surface area contributed by atoms with E-state index < -0.39 is 0 Å². The molecule has 0 bridgehead atoms. The smallest absolute Gasteiger partial charge is 0.220 e. The molecule has 0 fully saturated rings. The average Bonchev–Trinajstić information content (AvgIpc) is 2.27. The summed E-state index contributed by atoms with van der Waals surface area (Å²) < 4.78 is 5.57. The summed E-state index contributed by atoms with van der Waals surface area (Å²) >= 11 is 5.99. The van der Waals surface area contributed by atoms with E-state index in [-0.39, 0.29) is 24.5 Å². The summed E-state index contributed by atoms with van der Waals surface area (Å²) in [4.78, 5) is 10.7. The van der Waals surface area contributed by atoms with Gasteiger partial charge in [0.1, 0.15) is 5.75 Å². The first-order valence-electron chi connectivity index (χ1n) is 6.22. The Balaban J connectivity index is 2.71. The van der Waals surface area contributed by atoms with Crippen molar-refractivity contribution in [1.29, 1.82) is 0 Å². The molecular weight excluding hydrogens is 264 g/mol. The molecule has 0 saturated heterocycles. The number of carbonyl (C=O) groups is 1. The van der Waals surface area contributed by atoms with Crippen molar-refractivity contribution in [3.8, 4) is 5.75 Å². The molecule has 0 radical (unpaired) electrons. The third-order valence-corrected chi connectivity index (χ3v) is 2.67. The van der Waals surface area contributed by atoms with Gasteiger partial charge < -0.3 is 15.8 Å². The SMILES string of the molecule is CC(C)(C)NCc1cc(Cl)ccc1OCCC(N)=O. The molecule has 1 aromatic rings. The van der Waals surface area contributed by atoms with Crippen LogP contribution in [0.4, 0.5) is 0 Å². The summed E-state index contributed by atoms with van der Waals surface area (Å²) in [5.74, 6) is 0.353. The Morgan fingerprint density at radius 2 is 2.11 bits per heavy atom. The highest BCUT2D eigenvalue weighted by molar-refractivity contribution is 6.30. The van der Waals surface area contributed by atoms with Crippen LogP contribution in [-0.2, 0) is 11.3 Å². The normalized spacial score (nSPS) is 11.4. The molecule has 19 heavy (non-hydrogen) atoms. The molecular formula is C14H21ClN2O2. The van der Waals surface area contributed by atoms with E-state index >= 15 is 0 Å². The van der Waals surface area contributed by atoms with Gasteiger partial charge in [-0.15, -0.1) is 0 Å². The second-order valence-corrected chi connectivity index (χ2v) is 5.86. The van der Waals surface area contributed by atoms with Crippen molar-refractivity contribution in [2.45, 2.75) is 39.3 Å². The monoisotopic (exact) mass is 284 g/mol. The van der Waals surface area contributed by atoms with Gasteiger partial charge >= 0.3 is 0 Å². The van der Waals surface area contributed by atoms with E-state index in [4.69, 9.17) is 22.1 Å². The molecule has 0 aliphatic rings. The molecule has 1 aromatic carbocycles. The van der Waals surface area contributed by atoms with Crippen LogP contribution < -0.4 is 15.8 Å². The van der Waals surface area contributed by atoms with Gasteiger partial charge in [-0.3, -0.25) is 4.79 Å². The second kappa shape index (κ2) is 6.78. The number of amides is 1. The van der Waals surface area contributed by atoms with Crippen LogP contribution in [0.5, 0.6) is 5.75 Å². The highest BCUT2D eigenvalue weighted by Crippen LogP contribution is 2.23. The van der Waals surface area contributed by atoms with Gasteiger partial charge in [0.2, 0.25) is 5.91 Å². The predicted octanol–water partition coefficient (Wildman–Crippen LogP) is 2.48. The maximum atomic E-state index is 10.7. The Hall–Kier alpha value is -1.26. The van der Waals surface area contributed by atoms with E-state index in [1.165, 1.54) is 0 Å². The van der Waals surface area contributed by atoms with E-state index in [0.717, 1.165) is 11.3 Å². The van der Waals surface area contributed by atoms with Gasteiger partial charge in [-0.25, -0.2) is 0 Å². The van der Waals surface area contributed by atoms with Crippen molar-refractivity contribution < 1.29 is 9.53 Å². The standard InChI is InChI=1S/C14H21ClN2O2/c1-14(2,3)17-9-10-8-11(15)4-5-12(10)19-7-6-13(16)18/h4-5,8,17H,6-7,9H2,1-3H3,(H2,16,18). The van der Waals surface area contributed by atoms with Gasteiger partial charge in [0.15, 0.2) is 0 Å². The number of nitrogens with one attached hydrogen (secondary N) is 1. The molecule has 0 spiro atoms. The fourth-order valence-electron chi connectivity index (χ4n) is 1.45. The molecule has 5 heteroatoms. The number of ether oxygens (including phenoxy) is 1. The van der Waals surface area contributed by atoms with E-state index in [9.17, 15) is 4.79 Å². The fourth-order valence-corrected chi connectivity index (χ4v) is 1.64. The highest BCUT2D eigenvalue weighted by Gasteiger charge is 2.11. The number of rotatable bonds is 6. The zero-order valence-corrected chi connectivity index (χ0v) is 12.4. The number of hydrogen-bond acceptors (Lipinski definition) is 3. The molecule has 0 aliphatic carbocycles. The number of halogens is 1. The number of benzene rings is 1. The summed E-state index contributed by atoms with van der Waals surface area (Å²) in [7, 11) is 0. The van der Waals surface area contributed by atoms with Gasteiger partial charge in [0.05, 0.1) is 13.0 Å². The zero-order valence-electron chi connectivity index (χ0n) is 11.6. The minimum Gasteiger partial charge on any atom is -0.493 e. The quantitative estimate of drug-likeness (QED) is 0.843. The molecule has 1 amide bonds. The molecule has 3 N–H and O–H groups in total. The van der Waals surface area contributed by atoms with Gasteiger partial charge in [0, 0.05) is 22.7 Å². The number of primary amides is 1. The number of carbonyl (C=O) groups excluding carboxylic acids is 1. The lowest BCUT2D eigenvalue weighted by Gasteiger charge is -2.21. The minimum atomic E-state index is -0.372.